The summed E-state index contributed by atoms with van der Waals surface area (Å²) in [5.41, 5.74) is 2.79. The number of carbonyl (C=O) groups excluding carboxylic acids is 1. The lowest BCUT2D eigenvalue weighted by molar-refractivity contribution is 0.0555. The maximum atomic E-state index is 13.1. The molecule has 1 aliphatic heterocycles. The van der Waals surface area contributed by atoms with Crippen LogP contribution in [-0.2, 0) is 0 Å². The first-order chi connectivity index (χ1) is 12.0. The van der Waals surface area contributed by atoms with Crippen molar-refractivity contribution in [3.63, 3.8) is 0 Å². The number of β-amino-alcohol motifs (C(OH)–C–C–N with tert-alkyl or cyclic N) is 1. The van der Waals surface area contributed by atoms with E-state index in [-0.39, 0.29) is 12.0 Å². The molecule has 1 N–H and O–H groups in total. The molecule has 1 saturated heterocycles. The average molecular weight is 344 g/mol. The van der Waals surface area contributed by atoms with E-state index in [2.05, 4.69) is 15.0 Å². The maximum Gasteiger partial charge on any atom is 0.259 e. The molecule has 2 aromatic heterocycles. The van der Waals surface area contributed by atoms with Crippen LogP contribution in [0.1, 0.15) is 47.4 Å². The molecule has 0 radical (unpaired) electrons. The molecule has 1 unspecified atom stereocenters. The van der Waals surface area contributed by atoms with E-state index in [0.29, 0.717) is 42.5 Å². The van der Waals surface area contributed by atoms with Crippen LogP contribution in [0.15, 0.2) is 10.6 Å². The number of pyridine rings is 1. The molecule has 7 nitrogen and oxygen atoms in total. The van der Waals surface area contributed by atoms with E-state index in [9.17, 15) is 9.90 Å². The number of aromatic nitrogens is 2. The molecule has 134 valence electrons. The number of aliphatic hydroxyl groups excluding tert-OH is 1. The number of piperazine rings is 1. The molecule has 1 atom stereocenters. The Labute approximate surface area is 146 Å². The number of fused-ring (bicyclic) bond motifs is 1. The Morgan fingerprint density at radius 2 is 2.08 bits per heavy atom. The molecule has 1 aliphatic carbocycles. The lowest BCUT2D eigenvalue weighted by atomic mass is 10.1. The fourth-order valence-electron chi connectivity index (χ4n) is 3.55. The monoisotopic (exact) mass is 344 g/mol. The summed E-state index contributed by atoms with van der Waals surface area (Å²) in [4.78, 5) is 21.8. The highest BCUT2D eigenvalue weighted by atomic mass is 16.5. The van der Waals surface area contributed by atoms with E-state index in [1.165, 1.54) is 0 Å². The largest absolute Gasteiger partial charge is 0.392 e. The third kappa shape index (κ3) is 3.26. The molecule has 3 heterocycles. The predicted molar refractivity (Wildman–Crippen MR) is 92.5 cm³/mol. The predicted octanol–water partition coefficient (Wildman–Crippen LogP) is 1.55. The van der Waals surface area contributed by atoms with Crippen LogP contribution in [0, 0.1) is 6.92 Å². The lowest BCUT2D eigenvalue weighted by Crippen LogP contribution is -2.50. The van der Waals surface area contributed by atoms with Crippen molar-refractivity contribution in [1.29, 1.82) is 0 Å². The Morgan fingerprint density at radius 3 is 2.72 bits per heavy atom. The van der Waals surface area contributed by atoms with Gasteiger partial charge in [-0.15, -0.1) is 0 Å². The van der Waals surface area contributed by atoms with Crippen LogP contribution in [0.25, 0.3) is 11.1 Å². The fourth-order valence-corrected chi connectivity index (χ4v) is 3.55. The van der Waals surface area contributed by atoms with E-state index in [1.807, 2.05) is 17.9 Å². The second-order valence-corrected chi connectivity index (χ2v) is 7.26. The number of rotatable bonds is 4. The Bertz CT molecular complexity index is 789. The van der Waals surface area contributed by atoms with Gasteiger partial charge in [0.15, 0.2) is 0 Å². The van der Waals surface area contributed by atoms with E-state index >= 15 is 0 Å². The van der Waals surface area contributed by atoms with Crippen LogP contribution < -0.4 is 0 Å². The first-order valence-electron chi connectivity index (χ1n) is 8.99. The summed E-state index contributed by atoms with van der Waals surface area (Å²) in [6, 6.07) is 1.94. The zero-order chi connectivity index (χ0) is 17.6. The first-order valence-corrected chi connectivity index (χ1v) is 8.99. The summed E-state index contributed by atoms with van der Waals surface area (Å²) in [5.74, 6) is 0.474. The zero-order valence-corrected chi connectivity index (χ0v) is 14.7. The van der Waals surface area contributed by atoms with Crippen molar-refractivity contribution in [1.82, 2.24) is 19.9 Å². The van der Waals surface area contributed by atoms with Gasteiger partial charge in [0.25, 0.3) is 11.6 Å². The van der Waals surface area contributed by atoms with Gasteiger partial charge in [-0.05, 0) is 32.8 Å². The SMILES string of the molecule is Cc1noc2nc(C3CC3)cc(C(=O)N3CCN(CC(C)O)CC3)c12. The number of aliphatic hydroxyl groups is 1. The van der Waals surface area contributed by atoms with Crippen molar-refractivity contribution >= 4 is 17.0 Å². The van der Waals surface area contributed by atoms with Crippen molar-refractivity contribution in [2.75, 3.05) is 32.7 Å². The van der Waals surface area contributed by atoms with Crippen LogP contribution in [0.4, 0.5) is 0 Å². The van der Waals surface area contributed by atoms with Crippen LogP contribution in [0.5, 0.6) is 0 Å². The minimum atomic E-state index is -0.345. The third-order valence-corrected chi connectivity index (χ3v) is 5.04. The highest BCUT2D eigenvalue weighted by Gasteiger charge is 2.30. The topological polar surface area (TPSA) is 82.7 Å². The summed E-state index contributed by atoms with van der Waals surface area (Å²) in [6.07, 6.45) is 1.90. The molecule has 2 aliphatic rings. The zero-order valence-electron chi connectivity index (χ0n) is 14.7. The van der Waals surface area contributed by atoms with Gasteiger partial charge < -0.3 is 14.5 Å². The molecule has 0 aromatic carbocycles. The van der Waals surface area contributed by atoms with Crippen LogP contribution >= 0.6 is 0 Å². The first kappa shape index (κ1) is 16.5. The second kappa shape index (κ2) is 6.38. The summed E-state index contributed by atoms with van der Waals surface area (Å²) < 4.78 is 5.34. The van der Waals surface area contributed by atoms with Gasteiger partial charge in [0.05, 0.1) is 22.7 Å². The Kier molecular flexibility index (Phi) is 4.21. The fraction of sp³-hybridized carbons (Fsp3) is 0.611. The van der Waals surface area contributed by atoms with Crippen LogP contribution in [-0.4, -0.2) is 69.8 Å². The highest BCUT2D eigenvalue weighted by Crippen LogP contribution is 2.40. The van der Waals surface area contributed by atoms with Gasteiger partial charge >= 0.3 is 0 Å². The Morgan fingerprint density at radius 1 is 1.36 bits per heavy atom. The van der Waals surface area contributed by atoms with Crippen molar-refractivity contribution in [3.05, 3.63) is 23.0 Å². The molecule has 1 saturated carbocycles. The summed E-state index contributed by atoms with van der Waals surface area (Å²) in [6.45, 7) is 7.18. The highest BCUT2D eigenvalue weighted by molar-refractivity contribution is 6.06. The number of hydrogen-bond acceptors (Lipinski definition) is 6. The minimum Gasteiger partial charge on any atom is -0.392 e. The van der Waals surface area contributed by atoms with Gasteiger partial charge in [-0.1, -0.05) is 5.16 Å². The molecule has 2 aromatic rings. The summed E-state index contributed by atoms with van der Waals surface area (Å²) >= 11 is 0. The van der Waals surface area contributed by atoms with Gasteiger partial charge in [-0.3, -0.25) is 9.69 Å². The normalized spacial score (nSPS) is 20.2. The minimum absolute atomic E-state index is 0.0253. The molecule has 0 bridgehead atoms. The Hall–Kier alpha value is -1.99. The van der Waals surface area contributed by atoms with E-state index in [0.717, 1.165) is 37.0 Å². The molecular formula is C18H24N4O3. The van der Waals surface area contributed by atoms with Crippen molar-refractivity contribution in [2.45, 2.75) is 38.7 Å². The number of amides is 1. The molecule has 0 spiro atoms. The van der Waals surface area contributed by atoms with E-state index in [4.69, 9.17) is 4.52 Å². The smallest absolute Gasteiger partial charge is 0.259 e. The molecule has 7 heteroatoms. The Balaban J connectivity index is 1.59. The lowest BCUT2D eigenvalue weighted by Gasteiger charge is -2.35. The molecule has 2 fully saturated rings. The van der Waals surface area contributed by atoms with Gasteiger partial charge in [0.2, 0.25) is 0 Å². The quantitative estimate of drug-likeness (QED) is 0.906. The van der Waals surface area contributed by atoms with Gasteiger partial charge in [0.1, 0.15) is 0 Å². The average Bonchev–Trinajstić information content (AvgIpc) is 3.38. The van der Waals surface area contributed by atoms with Crippen LogP contribution in [0.2, 0.25) is 0 Å². The van der Waals surface area contributed by atoms with Crippen molar-refractivity contribution < 1.29 is 14.4 Å². The van der Waals surface area contributed by atoms with Gasteiger partial charge in [-0.25, -0.2) is 4.98 Å². The summed E-state index contributed by atoms with van der Waals surface area (Å²) in [7, 11) is 0. The molecule has 25 heavy (non-hydrogen) atoms. The van der Waals surface area contributed by atoms with Gasteiger partial charge in [-0.2, -0.15) is 0 Å². The third-order valence-electron chi connectivity index (χ3n) is 5.04. The van der Waals surface area contributed by atoms with E-state index < -0.39 is 0 Å². The molecule has 4 rings (SSSR count). The van der Waals surface area contributed by atoms with Crippen molar-refractivity contribution in [3.8, 4) is 0 Å². The second-order valence-electron chi connectivity index (χ2n) is 7.26. The number of aryl methyl sites for hydroxylation is 1. The number of nitrogens with zero attached hydrogens (tertiary/aromatic N) is 4. The number of carbonyl (C=O) groups is 1. The van der Waals surface area contributed by atoms with Gasteiger partial charge in [0, 0.05) is 44.3 Å². The van der Waals surface area contributed by atoms with Crippen molar-refractivity contribution in [2.24, 2.45) is 0 Å². The van der Waals surface area contributed by atoms with Crippen LogP contribution in [0.3, 0.4) is 0 Å². The number of hydrogen-bond donors (Lipinski definition) is 1. The molecular weight excluding hydrogens is 320 g/mol. The standard InChI is InChI=1S/C18H24N4O3/c1-11(23)10-21-5-7-22(8-6-21)18(24)14-9-15(13-3-4-13)19-17-16(14)12(2)20-25-17/h9,11,13,23H,3-8,10H2,1-2H3. The molecule has 1 amide bonds. The van der Waals surface area contributed by atoms with E-state index in [1.54, 1.807) is 6.92 Å². The maximum absolute atomic E-state index is 13.1. The summed E-state index contributed by atoms with van der Waals surface area (Å²) in [5, 5.41) is 14.3.